The van der Waals surface area contributed by atoms with Gasteiger partial charge >= 0.3 is 0 Å². The minimum absolute atomic E-state index is 0.295. The molecule has 1 aromatic carbocycles. The summed E-state index contributed by atoms with van der Waals surface area (Å²) in [6.07, 6.45) is 2.70. The van der Waals surface area contributed by atoms with E-state index < -0.39 is 0 Å². The number of hydrogen-bond donors (Lipinski definition) is 1. The Morgan fingerprint density at radius 2 is 2.11 bits per heavy atom. The number of aliphatic hydroxyl groups is 1. The maximum absolute atomic E-state index is 10.1. The van der Waals surface area contributed by atoms with E-state index in [0.29, 0.717) is 0 Å². The molecule has 0 bridgehead atoms. The Morgan fingerprint density at radius 3 is 2.89 bits per heavy atom. The predicted octanol–water partition coefficient (Wildman–Crippen LogP) is 4.23. The van der Waals surface area contributed by atoms with Gasteiger partial charge in [-0.15, -0.1) is 0 Å². The van der Waals surface area contributed by atoms with Gasteiger partial charge in [0.2, 0.25) is 0 Å². The molecule has 1 aromatic heterocycles. The third-order valence-corrected chi connectivity index (χ3v) is 4.91. The predicted molar refractivity (Wildman–Crippen MR) is 80.8 cm³/mol. The van der Waals surface area contributed by atoms with E-state index >= 15 is 0 Å². The number of fused-ring (bicyclic) bond motifs is 1. The van der Waals surface area contributed by atoms with E-state index in [2.05, 4.69) is 58.6 Å². The second-order valence-electron chi connectivity index (χ2n) is 5.32. The molecule has 0 amide bonds. The molecule has 1 N–H and O–H groups in total. The molecule has 3 heteroatoms. The van der Waals surface area contributed by atoms with Gasteiger partial charge < -0.3 is 9.67 Å². The van der Waals surface area contributed by atoms with Gasteiger partial charge in [0, 0.05) is 27.1 Å². The summed E-state index contributed by atoms with van der Waals surface area (Å²) in [7, 11) is 0. The van der Waals surface area contributed by atoms with Crippen LogP contribution in [0.15, 0.2) is 28.7 Å². The standard InChI is InChI=1S/C16H18BrNO/c1-10-9-12-15(7-4-8-16(12)19)18(10)14-6-3-5-13(17)11(14)2/h3,5-6,9,16,19H,4,7-8H2,1-2H3. The largest absolute Gasteiger partial charge is 0.388 e. The van der Waals surface area contributed by atoms with Gasteiger partial charge in [-0.05, 0) is 56.9 Å². The number of aliphatic hydroxyl groups excluding tert-OH is 1. The topological polar surface area (TPSA) is 25.2 Å². The maximum atomic E-state index is 10.1. The number of aromatic nitrogens is 1. The minimum atomic E-state index is -0.295. The summed E-state index contributed by atoms with van der Waals surface area (Å²) in [5.41, 5.74) is 6.04. The number of halogens is 1. The van der Waals surface area contributed by atoms with Crippen molar-refractivity contribution in [1.82, 2.24) is 4.57 Å². The zero-order chi connectivity index (χ0) is 13.6. The van der Waals surface area contributed by atoms with Crippen LogP contribution in [-0.4, -0.2) is 9.67 Å². The van der Waals surface area contributed by atoms with Crippen LogP contribution in [0.4, 0.5) is 0 Å². The van der Waals surface area contributed by atoms with Gasteiger partial charge in [-0.1, -0.05) is 22.0 Å². The Hall–Kier alpha value is -1.06. The fraction of sp³-hybridized carbons (Fsp3) is 0.375. The van der Waals surface area contributed by atoms with Crippen molar-refractivity contribution in [2.45, 2.75) is 39.2 Å². The fourth-order valence-electron chi connectivity index (χ4n) is 3.05. The van der Waals surface area contributed by atoms with E-state index in [9.17, 15) is 5.11 Å². The molecular formula is C16H18BrNO. The Kier molecular flexibility index (Phi) is 3.27. The average Bonchev–Trinajstić information content (AvgIpc) is 2.71. The summed E-state index contributed by atoms with van der Waals surface area (Å²) < 4.78 is 3.43. The van der Waals surface area contributed by atoms with E-state index in [0.717, 1.165) is 29.3 Å². The van der Waals surface area contributed by atoms with Crippen LogP contribution < -0.4 is 0 Å². The van der Waals surface area contributed by atoms with Crippen molar-refractivity contribution >= 4 is 15.9 Å². The third-order valence-electron chi connectivity index (χ3n) is 4.05. The fourth-order valence-corrected chi connectivity index (χ4v) is 3.41. The SMILES string of the molecule is Cc1c(Br)cccc1-n1c(C)cc2c1CCCC2O. The molecule has 19 heavy (non-hydrogen) atoms. The van der Waals surface area contributed by atoms with E-state index in [1.54, 1.807) is 0 Å². The van der Waals surface area contributed by atoms with Gasteiger partial charge in [0.1, 0.15) is 0 Å². The molecule has 2 aromatic rings. The van der Waals surface area contributed by atoms with Crippen LogP contribution in [0.5, 0.6) is 0 Å². The Bertz CT molecular complexity index is 630. The van der Waals surface area contributed by atoms with Crippen LogP contribution in [0.3, 0.4) is 0 Å². The number of nitrogens with zero attached hydrogens (tertiary/aromatic N) is 1. The lowest BCUT2D eigenvalue weighted by Crippen LogP contribution is -2.12. The van der Waals surface area contributed by atoms with Crippen molar-refractivity contribution in [3.63, 3.8) is 0 Å². The van der Waals surface area contributed by atoms with Gasteiger partial charge in [-0.25, -0.2) is 0 Å². The Labute approximate surface area is 122 Å². The van der Waals surface area contributed by atoms with Crippen molar-refractivity contribution < 1.29 is 5.11 Å². The molecule has 0 radical (unpaired) electrons. The molecule has 1 aliphatic rings. The van der Waals surface area contributed by atoms with Crippen LogP contribution in [0.2, 0.25) is 0 Å². The molecule has 0 aliphatic heterocycles. The molecule has 0 fully saturated rings. The lowest BCUT2D eigenvalue weighted by atomic mass is 9.95. The summed E-state index contributed by atoms with van der Waals surface area (Å²) >= 11 is 3.60. The zero-order valence-electron chi connectivity index (χ0n) is 11.3. The van der Waals surface area contributed by atoms with Gasteiger partial charge in [-0.2, -0.15) is 0 Å². The molecule has 0 spiro atoms. The first-order chi connectivity index (χ1) is 9.09. The molecule has 0 saturated heterocycles. The van der Waals surface area contributed by atoms with Crippen molar-refractivity contribution in [3.05, 3.63) is 51.3 Å². The van der Waals surface area contributed by atoms with Crippen LogP contribution in [0.25, 0.3) is 5.69 Å². The highest BCUT2D eigenvalue weighted by Crippen LogP contribution is 2.35. The second-order valence-corrected chi connectivity index (χ2v) is 6.17. The van der Waals surface area contributed by atoms with Gasteiger partial charge in [0.05, 0.1) is 6.10 Å². The molecule has 1 aliphatic carbocycles. The molecule has 2 nitrogen and oxygen atoms in total. The number of hydrogen-bond acceptors (Lipinski definition) is 1. The first kappa shape index (κ1) is 12.9. The van der Waals surface area contributed by atoms with Crippen LogP contribution in [0.1, 0.15) is 41.5 Å². The highest BCUT2D eigenvalue weighted by Gasteiger charge is 2.24. The third kappa shape index (κ3) is 2.05. The smallest absolute Gasteiger partial charge is 0.0807 e. The molecule has 1 unspecified atom stereocenters. The zero-order valence-corrected chi connectivity index (χ0v) is 12.9. The van der Waals surface area contributed by atoms with E-state index in [1.807, 2.05) is 0 Å². The van der Waals surface area contributed by atoms with Crippen LogP contribution in [-0.2, 0) is 6.42 Å². The summed E-state index contributed by atoms with van der Waals surface area (Å²) in [5, 5.41) is 10.1. The molecule has 1 atom stereocenters. The second kappa shape index (κ2) is 4.80. The lowest BCUT2D eigenvalue weighted by Gasteiger charge is -2.21. The molecule has 1 heterocycles. The van der Waals surface area contributed by atoms with Crippen molar-refractivity contribution in [2.75, 3.05) is 0 Å². The minimum Gasteiger partial charge on any atom is -0.388 e. The van der Waals surface area contributed by atoms with Crippen molar-refractivity contribution in [1.29, 1.82) is 0 Å². The molecular weight excluding hydrogens is 302 g/mol. The average molecular weight is 320 g/mol. The lowest BCUT2D eigenvalue weighted by molar-refractivity contribution is 0.156. The highest BCUT2D eigenvalue weighted by atomic mass is 79.9. The summed E-state index contributed by atoms with van der Waals surface area (Å²) in [6, 6.07) is 8.42. The first-order valence-electron chi connectivity index (χ1n) is 6.74. The maximum Gasteiger partial charge on any atom is 0.0807 e. The van der Waals surface area contributed by atoms with E-state index in [-0.39, 0.29) is 6.10 Å². The van der Waals surface area contributed by atoms with Crippen LogP contribution >= 0.6 is 15.9 Å². The normalized spacial score (nSPS) is 18.4. The summed E-state index contributed by atoms with van der Waals surface area (Å²) in [6.45, 7) is 4.25. The van der Waals surface area contributed by atoms with Gasteiger partial charge in [0.25, 0.3) is 0 Å². The Balaban J connectivity index is 2.23. The van der Waals surface area contributed by atoms with E-state index in [1.165, 1.54) is 22.6 Å². The van der Waals surface area contributed by atoms with Gasteiger partial charge in [0.15, 0.2) is 0 Å². The molecule has 100 valence electrons. The monoisotopic (exact) mass is 319 g/mol. The van der Waals surface area contributed by atoms with Crippen LogP contribution in [0, 0.1) is 13.8 Å². The number of rotatable bonds is 1. The summed E-state index contributed by atoms with van der Waals surface area (Å²) in [5.74, 6) is 0. The van der Waals surface area contributed by atoms with Crippen molar-refractivity contribution in [3.8, 4) is 5.69 Å². The number of benzene rings is 1. The molecule has 3 rings (SSSR count). The highest BCUT2D eigenvalue weighted by molar-refractivity contribution is 9.10. The van der Waals surface area contributed by atoms with E-state index in [4.69, 9.17) is 0 Å². The number of aryl methyl sites for hydroxylation is 1. The quantitative estimate of drug-likeness (QED) is 0.836. The first-order valence-corrected chi connectivity index (χ1v) is 7.53. The van der Waals surface area contributed by atoms with Crippen molar-refractivity contribution in [2.24, 2.45) is 0 Å². The Morgan fingerprint density at radius 1 is 1.32 bits per heavy atom. The molecule has 0 saturated carbocycles. The van der Waals surface area contributed by atoms with Gasteiger partial charge in [-0.3, -0.25) is 0 Å². The summed E-state index contributed by atoms with van der Waals surface area (Å²) in [4.78, 5) is 0.